The summed E-state index contributed by atoms with van der Waals surface area (Å²) in [7, 11) is 0. The lowest BCUT2D eigenvalue weighted by Gasteiger charge is -2.30. The molecule has 11 nitrogen and oxygen atoms in total. The van der Waals surface area contributed by atoms with Crippen LogP contribution >= 0.6 is 0 Å². The Hall–Kier alpha value is -2.37. The van der Waals surface area contributed by atoms with Crippen molar-refractivity contribution >= 4 is 23.7 Å². The molecule has 11 heteroatoms. The summed E-state index contributed by atoms with van der Waals surface area (Å²) < 4.78 is 0. The fourth-order valence-electron chi connectivity index (χ4n) is 3.17. The third-order valence-corrected chi connectivity index (χ3v) is 4.74. The molecule has 0 saturated carbocycles. The first-order chi connectivity index (χ1) is 13.3. The number of aliphatic hydroxyl groups is 1. The Morgan fingerprint density at radius 3 is 2.46 bits per heavy atom. The highest BCUT2D eigenvalue weighted by molar-refractivity contribution is 5.73. The summed E-state index contributed by atoms with van der Waals surface area (Å²) in [5.41, 5.74) is 11.8. The number of nitrogens with two attached hydrogens (primary N) is 2. The lowest BCUT2D eigenvalue weighted by molar-refractivity contribution is -0.139. The lowest BCUT2D eigenvalue weighted by Crippen LogP contribution is -2.39. The number of aromatic nitrogens is 2. The molecule has 0 unspecified atom stereocenters. The van der Waals surface area contributed by atoms with E-state index in [9.17, 15) is 14.7 Å². The van der Waals surface area contributed by atoms with Gasteiger partial charge in [0, 0.05) is 26.1 Å². The van der Waals surface area contributed by atoms with Crippen molar-refractivity contribution < 1.29 is 24.9 Å². The fourth-order valence-corrected chi connectivity index (χ4v) is 3.17. The molecule has 2 rings (SSSR count). The third kappa shape index (κ3) is 6.36. The summed E-state index contributed by atoms with van der Waals surface area (Å²) in [4.78, 5) is 31.2. The maximum atomic E-state index is 10.8. The predicted molar refractivity (Wildman–Crippen MR) is 103 cm³/mol. The van der Waals surface area contributed by atoms with E-state index < -0.39 is 30.1 Å². The number of β-amino-alcohol motifs (C(OH)–C–C–N with tert-alkyl or cyclic N) is 1. The molecule has 0 saturated heterocycles. The van der Waals surface area contributed by atoms with Crippen molar-refractivity contribution in [3.05, 3.63) is 5.69 Å². The predicted octanol–water partition coefficient (Wildman–Crippen LogP) is -0.681. The second kappa shape index (κ2) is 10.2. The minimum atomic E-state index is -1.01. The van der Waals surface area contributed by atoms with Crippen molar-refractivity contribution in [3.8, 4) is 0 Å². The summed E-state index contributed by atoms with van der Waals surface area (Å²) in [6.07, 6.45) is 2.76. The molecule has 28 heavy (non-hydrogen) atoms. The molecule has 1 aromatic rings. The molecule has 1 aromatic heterocycles. The summed E-state index contributed by atoms with van der Waals surface area (Å²) in [5, 5.41) is 30.8. The number of nitrogens with one attached hydrogen (secondary N) is 2. The van der Waals surface area contributed by atoms with Gasteiger partial charge in [0.1, 0.15) is 12.1 Å². The van der Waals surface area contributed by atoms with Crippen LogP contribution in [-0.4, -0.2) is 75.0 Å². The third-order valence-electron chi connectivity index (χ3n) is 4.74. The van der Waals surface area contributed by atoms with Crippen LogP contribution in [-0.2, 0) is 16.0 Å². The van der Waals surface area contributed by atoms with Gasteiger partial charge in [-0.05, 0) is 32.1 Å². The Balaban J connectivity index is 1.84. The molecular formula is C17H30N6O5. The Labute approximate surface area is 163 Å². The molecule has 9 N–H and O–H groups in total. The van der Waals surface area contributed by atoms with Gasteiger partial charge in [-0.15, -0.1) is 0 Å². The number of H-pyrrole nitrogens is 1. The smallest absolute Gasteiger partial charge is 0.320 e. The number of unbranched alkanes of at least 4 members (excludes halogenated alkanes) is 1. The molecule has 0 fully saturated rings. The average Bonchev–Trinajstić information content (AvgIpc) is 3.04. The molecular weight excluding hydrogens is 368 g/mol. The van der Waals surface area contributed by atoms with E-state index in [2.05, 4.69) is 15.3 Å². The summed E-state index contributed by atoms with van der Waals surface area (Å²) in [6.45, 7) is 1.65. The molecule has 1 aliphatic heterocycles. The fraction of sp³-hybridized carbons (Fsp3) is 0.706. The SMILES string of the molecule is N[C@@H](CCCCN1C[C@@H](O)Cc2[nH]c(NCCC[C@H](N)C(=O)O)nc21)C(=O)O. The lowest BCUT2D eigenvalue weighted by atomic mass is 10.1. The van der Waals surface area contributed by atoms with Crippen LogP contribution in [0.1, 0.15) is 37.8 Å². The summed E-state index contributed by atoms with van der Waals surface area (Å²) in [6, 6.07) is -1.72. The van der Waals surface area contributed by atoms with Crippen molar-refractivity contribution in [1.82, 2.24) is 9.97 Å². The molecule has 0 amide bonds. The zero-order valence-electron chi connectivity index (χ0n) is 15.8. The number of aliphatic carboxylic acids is 2. The number of imidazole rings is 1. The first-order valence-corrected chi connectivity index (χ1v) is 9.50. The van der Waals surface area contributed by atoms with Gasteiger partial charge in [-0.3, -0.25) is 9.59 Å². The largest absolute Gasteiger partial charge is 0.480 e. The Kier molecular flexibility index (Phi) is 8.03. The summed E-state index contributed by atoms with van der Waals surface area (Å²) >= 11 is 0. The molecule has 0 radical (unpaired) electrons. The monoisotopic (exact) mass is 398 g/mol. The highest BCUT2D eigenvalue weighted by atomic mass is 16.4. The van der Waals surface area contributed by atoms with Crippen LogP contribution in [0.2, 0.25) is 0 Å². The number of aliphatic hydroxyl groups excluding tert-OH is 1. The number of anilines is 2. The highest BCUT2D eigenvalue weighted by Crippen LogP contribution is 2.27. The Morgan fingerprint density at radius 1 is 1.18 bits per heavy atom. The number of hydrogen-bond donors (Lipinski definition) is 7. The van der Waals surface area contributed by atoms with Crippen LogP contribution < -0.4 is 21.7 Å². The van der Waals surface area contributed by atoms with Crippen LogP contribution in [0.3, 0.4) is 0 Å². The van der Waals surface area contributed by atoms with Crippen molar-refractivity contribution in [2.24, 2.45) is 11.5 Å². The maximum absolute atomic E-state index is 10.8. The molecule has 3 atom stereocenters. The number of hydrogen-bond acceptors (Lipinski definition) is 8. The quantitative estimate of drug-likeness (QED) is 0.222. The standard InChI is InChI=1S/C17H30N6O5/c18-11(15(25)26)4-1-2-7-23-9-10(24)8-13-14(23)22-17(21-13)20-6-3-5-12(19)16(27)28/h10-12,24H,1-9,18-19H2,(H,25,26)(H,27,28)(H2,20,21,22)/t10-,11-,12-/m0/s1. The van der Waals surface area contributed by atoms with Gasteiger partial charge in [0.2, 0.25) is 5.95 Å². The van der Waals surface area contributed by atoms with Gasteiger partial charge in [0.05, 0.1) is 11.8 Å². The van der Waals surface area contributed by atoms with E-state index in [1.165, 1.54) is 0 Å². The van der Waals surface area contributed by atoms with E-state index in [1.54, 1.807) is 0 Å². The normalized spacial score (nSPS) is 18.4. The van der Waals surface area contributed by atoms with Gasteiger partial charge in [-0.2, -0.15) is 4.98 Å². The van der Waals surface area contributed by atoms with E-state index >= 15 is 0 Å². The van der Waals surface area contributed by atoms with E-state index in [4.69, 9.17) is 21.7 Å². The number of fused-ring (bicyclic) bond motifs is 1. The number of rotatable bonds is 12. The summed E-state index contributed by atoms with van der Waals surface area (Å²) in [5.74, 6) is -0.663. The van der Waals surface area contributed by atoms with Crippen LogP contribution in [0.5, 0.6) is 0 Å². The van der Waals surface area contributed by atoms with E-state index in [-0.39, 0.29) is 0 Å². The first kappa shape index (κ1) is 21.9. The van der Waals surface area contributed by atoms with Gasteiger partial charge in [0.15, 0.2) is 5.82 Å². The van der Waals surface area contributed by atoms with E-state index in [0.717, 1.165) is 17.9 Å². The topological polar surface area (TPSA) is 191 Å². The zero-order valence-corrected chi connectivity index (χ0v) is 15.8. The minimum absolute atomic E-state index is 0.367. The van der Waals surface area contributed by atoms with Gasteiger partial charge < -0.3 is 42.0 Å². The van der Waals surface area contributed by atoms with Crippen LogP contribution in [0.15, 0.2) is 0 Å². The minimum Gasteiger partial charge on any atom is -0.480 e. The number of carboxylic acid groups (broad SMARTS) is 2. The van der Waals surface area contributed by atoms with Gasteiger partial charge in [-0.25, -0.2) is 0 Å². The molecule has 1 aliphatic rings. The first-order valence-electron chi connectivity index (χ1n) is 9.50. The Bertz CT molecular complexity index is 666. The number of carbonyl (C=O) groups is 2. The number of aromatic amines is 1. The molecule has 0 aliphatic carbocycles. The van der Waals surface area contributed by atoms with Crippen molar-refractivity contribution in [2.75, 3.05) is 29.9 Å². The van der Waals surface area contributed by atoms with Gasteiger partial charge in [-0.1, -0.05) is 0 Å². The highest BCUT2D eigenvalue weighted by Gasteiger charge is 2.26. The van der Waals surface area contributed by atoms with E-state index in [0.29, 0.717) is 57.7 Å². The molecule has 0 aromatic carbocycles. The van der Waals surface area contributed by atoms with Gasteiger partial charge >= 0.3 is 11.9 Å². The van der Waals surface area contributed by atoms with E-state index in [1.807, 2.05) is 4.90 Å². The molecule has 0 spiro atoms. The van der Waals surface area contributed by atoms with Gasteiger partial charge in [0.25, 0.3) is 0 Å². The number of nitrogens with zero attached hydrogens (tertiary/aromatic N) is 2. The van der Waals surface area contributed by atoms with Crippen molar-refractivity contribution in [1.29, 1.82) is 0 Å². The van der Waals surface area contributed by atoms with Crippen LogP contribution in [0.4, 0.5) is 11.8 Å². The average molecular weight is 398 g/mol. The molecule has 158 valence electrons. The molecule has 0 bridgehead atoms. The number of carboxylic acids is 2. The maximum Gasteiger partial charge on any atom is 0.320 e. The molecule has 2 heterocycles. The Morgan fingerprint density at radius 2 is 1.82 bits per heavy atom. The van der Waals surface area contributed by atoms with Crippen molar-refractivity contribution in [2.45, 2.75) is 56.7 Å². The second-order valence-corrected chi connectivity index (χ2v) is 7.15. The van der Waals surface area contributed by atoms with Crippen LogP contribution in [0, 0.1) is 0 Å². The zero-order chi connectivity index (χ0) is 20.7. The second-order valence-electron chi connectivity index (χ2n) is 7.15. The van der Waals surface area contributed by atoms with Crippen molar-refractivity contribution in [3.63, 3.8) is 0 Å². The van der Waals surface area contributed by atoms with Crippen LogP contribution in [0.25, 0.3) is 0 Å².